The van der Waals surface area contributed by atoms with Crippen molar-refractivity contribution in [3.05, 3.63) is 53.6 Å². The van der Waals surface area contributed by atoms with E-state index in [1.165, 1.54) is 0 Å². The Hall–Kier alpha value is -2.48. The number of amides is 1. The van der Waals surface area contributed by atoms with E-state index in [1.807, 2.05) is 18.2 Å². The van der Waals surface area contributed by atoms with Gasteiger partial charge in [-0.15, -0.1) is 0 Å². The zero-order chi connectivity index (χ0) is 20.6. The van der Waals surface area contributed by atoms with Gasteiger partial charge in [-0.05, 0) is 36.4 Å². The molecule has 1 fully saturated rings. The molecule has 1 atom stereocenters. The highest BCUT2D eigenvalue weighted by Crippen LogP contribution is 2.28. The van der Waals surface area contributed by atoms with Crippen LogP contribution in [-0.2, 0) is 4.74 Å². The fourth-order valence-electron chi connectivity index (χ4n) is 3.27. The number of anilines is 2. The van der Waals surface area contributed by atoms with Crippen molar-refractivity contribution in [3.8, 4) is 5.75 Å². The maximum Gasteiger partial charge on any atom is 0.411 e. The minimum absolute atomic E-state index is 0.0633. The van der Waals surface area contributed by atoms with Gasteiger partial charge < -0.3 is 19.5 Å². The molecule has 1 unspecified atom stereocenters. The Morgan fingerprint density at radius 3 is 2.52 bits per heavy atom. The predicted octanol–water partition coefficient (Wildman–Crippen LogP) is 3.08. The number of hydrogen-bond donors (Lipinski definition) is 2. The Balaban J connectivity index is 1.38. The third kappa shape index (κ3) is 6.25. The van der Waals surface area contributed by atoms with E-state index in [0.717, 1.165) is 37.6 Å². The maximum absolute atomic E-state index is 11.8. The molecular weight excluding hydrogens is 394 g/mol. The second-order valence-corrected chi connectivity index (χ2v) is 7.28. The lowest BCUT2D eigenvalue weighted by atomic mass is 10.2. The van der Waals surface area contributed by atoms with E-state index in [0.29, 0.717) is 17.3 Å². The third-order valence-corrected chi connectivity index (χ3v) is 5.02. The second-order valence-electron chi connectivity index (χ2n) is 6.84. The molecular formula is C21H26ClN3O4. The number of β-amino-alcohol motifs (C(OH)–C–C–N with tert-alkyl or cyclic N) is 1. The summed E-state index contributed by atoms with van der Waals surface area (Å²) in [6, 6.07) is 14.7. The van der Waals surface area contributed by atoms with Crippen molar-refractivity contribution < 1.29 is 19.4 Å². The number of aliphatic hydroxyl groups is 1. The zero-order valence-corrected chi connectivity index (χ0v) is 17.1. The van der Waals surface area contributed by atoms with Gasteiger partial charge in [0, 0.05) is 43.4 Å². The van der Waals surface area contributed by atoms with Gasteiger partial charge in [0.15, 0.2) is 0 Å². The third-order valence-electron chi connectivity index (χ3n) is 4.76. The molecule has 2 aromatic carbocycles. The largest absolute Gasteiger partial charge is 0.495 e. The van der Waals surface area contributed by atoms with Crippen molar-refractivity contribution in [1.82, 2.24) is 4.90 Å². The van der Waals surface area contributed by atoms with Gasteiger partial charge >= 0.3 is 6.09 Å². The summed E-state index contributed by atoms with van der Waals surface area (Å²) in [4.78, 5) is 16.3. The standard InChI is InChI=1S/C21H26ClN3O4/c1-28-20-5-3-2-4-19(20)25-12-10-24(11-13-25)14-18(26)15-29-21(27)23-17-8-6-16(22)7-9-17/h2-9,18,26H,10-15H2,1H3,(H,23,27). The number of nitrogens with zero attached hydrogens (tertiary/aromatic N) is 2. The Morgan fingerprint density at radius 2 is 1.83 bits per heavy atom. The van der Waals surface area contributed by atoms with Gasteiger partial charge in [0.25, 0.3) is 0 Å². The Bertz CT molecular complexity index is 795. The molecule has 29 heavy (non-hydrogen) atoms. The average molecular weight is 420 g/mol. The number of hydrogen-bond acceptors (Lipinski definition) is 6. The Kier molecular flexibility index (Phi) is 7.57. The number of carbonyl (C=O) groups excluding carboxylic acids is 1. The van der Waals surface area contributed by atoms with Crippen LogP contribution in [0.3, 0.4) is 0 Å². The van der Waals surface area contributed by atoms with Crippen molar-refractivity contribution in [2.24, 2.45) is 0 Å². The van der Waals surface area contributed by atoms with Gasteiger partial charge in [-0.3, -0.25) is 10.2 Å². The highest BCUT2D eigenvalue weighted by Gasteiger charge is 2.21. The van der Waals surface area contributed by atoms with Crippen molar-refractivity contribution in [1.29, 1.82) is 0 Å². The molecule has 0 saturated carbocycles. The molecule has 1 heterocycles. The van der Waals surface area contributed by atoms with Crippen molar-refractivity contribution in [2.75, 3.05) is 56.7 Å². The topological polar surface area (TPSA) is 74.3 Å². The normalized spacial score (nSPS) is 15.6. The van der Waals surface area contributed by atoms with Crippen LogP contribution in [0.4, 0.5) is 16.2 Å². The average Bonchev–Trinajstić information content (AvgIpc) is 2.74. The fraction of sp³-hybridized carbons (Fsp3) is 0.381. The molecule has 2 N–H and O–H groups in total. The number of benzene rings is 2. The second kappa shape index (κ2) is 10.3. The zero-order valence-electron chi connectivity index (χ0n) is 16.4. The Morgan fingerprint density at radius 1 is 1.14 bits per heavy atom. The molecule has 7 nitrogen and oxygen atoms in total. The number of rotatable bonds is 7. The number of methoxy groups -OCH3 is 1. The lowest BCUT2D eigenvalue weighted by molar-refractivity contribution is 0.0469. The van der Waals surface area contributed by atoms with Gasteiger partial charge in [-0.25, -0.2) is 4.79 Å². The summed E-state index contributed by atoms with van der Waals surface area (Å²) >= 11 is 5.81. The minimum atomic E-state index is -0.747. The number of halogens is 1. The van der Waals surface area contributed by atoms with Gasteiger partial charge in [0.1, 0.15) is 18.5 Å². The van der Waals surface area contributed by atoms with Gasteiger partial charge in [-0.1, -0.05) is 23.7 Å². The highest BCUT2D eigenvalue weighted by atomic mass is 35.5. The van der Waals surface area contributed by atoms with Crippen molar-refractivity contribution in [3.63, 3.8) is 0 Å². The first kappa shape index (κ1) is 21.2. The van der Waals surface area contributed by atoms with E-state index in [1.54, 1.807) is 31.4 Å². The predicted molar refractivity (Wildman–Crippen MR) is 114 cm³/mol. The van der Waals surface area contributed by atoms with Crippen LogP contribution in [0.15, 0.2) is 48.5 Å². The first-order valence-corrected chi connectivity index (χ1v) is 9.90. The molecule has 156 valence electrons. The summed E-state index contributed by atoms with van der Waals surface area (Å²) in [5, 5.41) is 13.4. The quantitative estimate of drug-likeness (QED) is 0.718. The van der Waals surface area contributed by atoms with Crippen molar-refractivity contribution >= 4 is 29.1 Å². The summed E-state index contributed by atoms with van der Waals surface area (Å²) < 4.78 is 10.6. The van der Waals surface area contributed by atoms with E-state index in [-0.39, 0.29) is 6.61 Å². The van der Waals surface area contributed by atoms with Gasteiger partial charge in [-0.2, -0.15) is 0 Å². The summed E-state index contributed by atoms with van der Waals surface area (Å²) in [5.41, 5.74) is 1.67. The van der Waals surface area contributed by atoms with Crippen LogP contribution in [0.1, 0.15) is 0 Å². The van der Waals surface area contributed by atoms with Crippen LogP contribution in [0.25, 0.3) is 0 Å². The number of carbonyl (C=O) groups is 1. The van der Waals surface area contributed by atoms with Crippen molar-refractivity contribution in [2.45, 2.75) is 6.10 Å². The van der Waals surface area contributed by atoms with Crippen LogP contribution < -0.4 is 15.0 Å². The van der Waals surface area contributed by atoms with E-state index in [2.05, 4.69) is 21.2 Å². The first-order chi connectivity index (χ1) is 14.0. The molecule has 1 saturated heterocycles. The molecule has 0 aliphatic carbocycles. The summed E-state index contributed by atoms with van der Waals surface area (Å²) in [6.45, 7) is 3.69. The Labute approximate surface area is 175 Å². The molecule has 1 amide bonds. The molecule has 0 spiro atoms. The SMILES string of the molecule is COc1ccccc1N1CCN(CC(O)COC(=O)Nc2ccc(Cl)cc2)CC1. The van der Waals surface area contributed by atoms with E-state index < -0.39 is 12.2 Å². The number of aliphatic hydroxyl groups excluding tert-OH is 1. The van der Waals surface area contributed by atoms with Crippen LogP contribution in [0, 0.1) is 0 Å². The molecule has 0 bridgehead atoms. The molecule has 1 aliphatic rings. The van der Waals surface area contributed by atoms with Gasteiger partial charge in [0.05, 0.1) is 12.8 Å². The maximum atomic E-state index is 11.8. The lowest BCUT2D eigenvalue weighted by Crippen LogP contribution is -2.49. The number of para-hydroxylation sites is 2. The summed E-state index contributed by atoms with van der Waals surface area (Å²) in [5.74, 6) is 0.862. The van der Waals surface area contributed by atoms with Crippen LogP contribution in [0.2, 0.25) is 5.02 Å². The van der Waals surface area contributed by atoms with Crippen LogP contribution in [0.5, 0.6) is 5.75 Å². The van der Waals surface area contributed by atoms with E-state index in [9.17, 15) is 9.90 Å². The molecule has 3 rings (SSSR count). The smallest absolute Gasteiger partial charge is 0.411 e. The van der Waals surface area contributed by atoms with Crippen LogP contribution >= 0.6 is 11.6 Å². The summed E-state index contributed by atoms with van der Waals surface area (Å²) in [6.07, 6.45) is -1.35. The highest BCUT2D eigenvalue weighted by molar-refractivity contribution is 6.30. The number of ether oxygens (including phenoxy) is 2. The molecule has 0 radical (unpaired) electrons. The number of nitrogens with one attached hydrogen (secondary N) is 1. The summed E-state index contributed by atoms with van der Waals surface area (Å²) in [7, 11) is 1.68. The monoisotopic (exact) mass is 419 g/mol. The van der Waals surface area contributed by atoms with E-state index >= 15 is 0 Å². The lowest BCUT2D eigenvalue weighted by Gasteiger charge is -2.37. The number of piperazine rings is 1. The molecule has 1 aliphatic heterocycles. The molecule has 2 aromatic rings. The molecule has 8 heteroatoms. The van der Waals surface area contributed by atoms with Gasteiger partial charge in [0.2, 0.25) is 0 Å². The first-order valence-electron chi connectivity index (χ1n) is 9.53. The van der Waals surface area contributed by atoms with E-state index in [4.69, 9.17) is 21.1 Å². The minimum Gasteiger partial charge on any atom is -0.495 e. The fourth-order valence-corrected chi connectivity index (χ4v) is 3.40. The molecule has 0 aromatic heterocycles. The van der Waals surface area contributed by atoms with Crippen LogP contribution in [-0.4, -0.2) is 68.6 Å².